The second kappa shape index (κ2) is 62.5. The van der Waals surface area contributed by atoms with Crippen molar-refractivity contribution in [3.8, 4) is 0 Å². The highest BCUT2D eigenvalue weighted by atomic mass is 31.2. The standard InChI is InChI=1S/C72H141N2O7P/c1-7-10-13-16-19-22-25-28-30-32-33-34-35-36-37-38-39-40-41-43-45-47-50-53-56-59-62-65-72(76)81-70(63-60-57-54-51-48-27-24-21-18-15-12-9-3)69(68-80-82(77,78)79-67-66-74(4,5)6)73-71(75)64-61-58-55-52-49-46-44-42-31-29-26-23-20-17-14-11-8-2/h29,31,60,63,69-70H,7-28,30,32-59,61-62,64-68H2,1-6H3,(H-,73,75,77,78)/b31-29+,63-60-. The number of amides is 1. The SMILES string of the molecule is CCCCCCCC/C=C/CCCCCCCCCC(=O)NC(COP(=O)([O-])OCC[N+](C)(C)C)C(/C=C\CCCCCCCCCCCC)OC(=O)CCCCCCCCCCCCCCCCCCCCCCCCCCCCC. The first-order chi connectivity index (χ1) is 39.9. The van der Waals surface area contributed by atoms with Crippen LogP contribution in [0.3, 0.4) is 0 Å². The van der Waals surface area contributed by atoms with E-state index in [9.17, 15) is 19.0 Å². The fourth-order valence-electron chi connectivity index (χ4n) is 11.1. The Morgan fingerprint density at radius 3 is 1.04 bits per heavy atom. The van der Waals surface area contributed by atoms with E-state index in [1.54, 1.807) is 0 Å². The Labute approximate surface area is 511 Å². The van der Waals surface area contributed by atoms with Crippen LogP contribution in [0.4, 0.5) is 0 Å². The molecule has 0 radical (unpaired) electrons. The molecule has 10 heteroatoms. The molecule has 1 N–H and O–H groups in total. The first-order valence-corrected chi connectivity index (χ1v) is 37.6. The number of nitrogens with one attached hydrogen (secondary N) is 1. The van der Waals surface area contributed by atoms with Gasteiger partial charge in [0, 0.05) is 12.8 Å². The van der Waals surface area contributed by atoms with Gasteiger partial charge in [0.2, 0.25) is 5.91 Å². The Morgan fingerprint density at radius 1 is 0.415 bits per heavy atom. The van der Waals surface area contributed by atoms with Gasteiger partial charge < -0.3 is 28.5 Å². The minimum absolute atomic E-state index is 0.0194. The first-order valence-electron chi connectivity index (χ1n) is 36.1. The van der Waals surface area contributed by atoms with E-state index < -0.39 is 20.0 Å². The number of esters is 1. The van der Waals surface area contributed by atoms with Crippen molar-refractivity contribution in [2.75, 3.05) is 40.9 Å². The maximum Gasteiger partial charge on any atom is 0.306 e. The summed E-state index contributed by atoms with van der Waals surface area (Å²) in [6.07, 6.45) is 76.0. The van der Waals surface area contributed by atoms with E-state index >= 15 is 0 Å². The van der Waals surface area contributed by atoms with Crippen molar-refractivity contribution in [3.63, 3.8) is 0 Å². The van der Waals surface area contributed by atoms with Crippen LogP contribution in [-0.4, -0.2) is 69.4 Å². The largest absolute Gasteiger partial charge is 0.756 e. The molecule has 0 aliphatic heterocycles. The number of hydrogen-bond donors (Lipinski definition) is 1. The molecule has 3 unspecified atom stereocenters. The number of phosphoric ester groups is 1. The Kier molecular flexibility index (Phi) is 61.4. The molecular weight excluding hydrogens is 1040 g/mol. The van der Waals surface area contributed by atoms with Crippen LogP contribution in [0.5, 0.6) is 0 Å². The molecule has 0 fully saturated rings. The Balaban J connectivity index is 4.96. The molecule has 0 aromatic heterocycles. The fourth-order valence-corrected chi connectivity index (χ4v) is 11.8. The number of carbonyl (C=O) groups excluding carboxylic acids is 2. The number of quaternary nitrogens is 1. The van der Waals surface area contributed by atoms with Crippen molar-refractivity contribution < 1.29 is 37.3 Å². The van der Waals surface area contributed by atoms with Crippen LogP contribution in [0.1, 0.15) is 374 Å². The number of likely N-dealkylation sites (N-methyl/N-ethyl adjacent to an activating group) is 1. The summed E-state index contributed by atoms with van der Waals surface area (Å²) >= 11 is 0. The van der Waals surface area contributed by atoms with Crippen LogP contribution in [-0.2, 0) is 27.9 Å². The van der Waals surface area contributed by atoms with E-state index in [1.165, 1.54) is 270 Å². The summed E-state index contributed by atoms with van der Waals surface area (Å²) in [5, 5.41) is 3.04. The minimum atomic E-state index is -4.70. The monoisotopic (exact) mass is 1180 g/mol. The lowest BCUT2D eigenvalue weighted by Gasteiger charge is -2.30. The van der Waals surface area contributed by atoms with Crippen molar-refractivity contribution in [1.82, 2.24) is 5.32 Å². The number of ether oxygens (including phenoxy) is 1. The Bertz CT molecular complexity index is 1450. The molecule has 9 nitrogen and oxygen atoms in total. The molecule has 0 saturated carbocycles. The van der Waals surface area contributed by atoms with Crippen molar-refractivity contribution in [2.24, 2.45) is 0 Å². The molecular formula is C72H141N2O7P. The highest BCUT2D eigenvalue weighted by molar-refractivity contribution is 7.45. The van der Waals surface area contributed by atoms with E-state index in [2.05, 4.69) is 38.2 Å². The summed E-state index contributed by atoms with van der Waals surface area (Å²) in [4.78, 5) is 40.1. The molecule has 1 amide bonds. The van der Waals surface area contributed by atoms with E-state index in [-0.39, 0.29) is 31.5 Å². The molecule has 0 rings (SSSR count). The van der Waals surface area contributed by atoms with Gasteiger partial charge in [-0.15, -0.1) is 0 Å². The van der Waals surface area contributed by atoms with Crippen LogP contribution in [0.25, 0.3) is 0 Å². The average molecular weight is 1180 g/mol. The lowest BCUT2D eigenvalue weighted by atomic mass is 10.0. The Morgan fingerprint density at radius 2 is 0.707 bits per heavy atom. The quantitative estimate of drug-likeness (QED) is 0.0212. The lowest BCUT2D eigenvalue weighted by molar-refractivity contribution is -0.870. The van der Waals surface area contributed by atoms with Gasteiger partial charge in [-0.1, -0.05) is 328 Å². The lowest BCUT2D eigenvalue weighted by Crippen LogP contribution is -2.47. The van der Waals surface area contributed by atoms with Crippen LogP contribution in [0, 0.1) is 0 Å². The number of allylic oxidation sites excluding steroid dienone is 3. The van der Waals surface area contributed by atoms with E-state index in [1.807, 2.05) is 33.3 Å². The van der Waals surface area contributed by atoms with E-state index in [0.29, 0.717) is 17.4 Å². The average Bonchev–Trinajstić information content (AvgIpc) is 3.44. The van der Waals surface area contributed by atoms with Crippen molar-refractivity contribution in [2.45, 2.75) is 386 Å². The minimum Gasteiger partial charge on any atom is -0.756 e. The summed E-state index contributed by atoms with van der Waals surface area (Å²) in [7, 11) is 1.20. The molecule has 0 aliphatic carbocycles. The summed E-state index contributed by atoms with van der Waals surface area (Å²) in [6.45, 7) is 6.90. The zero-order valence-corrected chi connectivity index (χ0v) is 56.6. The summed E-state index contributed by atoms with van der Waals surface area (Å²) < 4.78 is 30.4. The molecule has 0 aromatic rings. The van der Waals surface area contributed by atoms with Crippen LogP contribution >= 0.6 is 7.82 Å². The topological polar surface area (TPSA) is 114 Å². The van der Waals surface area contributed by atoms with Gasteiger partial charge in [-0.3, -0.25) is 14.2 Å². The number of nitrogens with zero attached hydrogens (tertiary/aromatic N) is 1. The highest BCUT2D eigenvalue weighted by Crippen LogP contribution is 2.38. The predicted molar refractivity (Wildman–Crippen MR) is 353 cm³/mol. The molecule has 0 aromatic carbocycles. The summed E-state index contributed by atoms with van der Waals surface area (Å²) in [5.41, 5.74) is 0. The van der Waals surface area contributed by atoms with E-state index in [0.717, 1.165) is 70.6 Å². The van der Waals surface area contributed by atoms with Crippen molar-refractivity contribution >= 4 is 19.7 Å². The van der Waals surface area contributed by atoms with Crippen LogP contribution in [0.15, 0.2) is 24.3 Å². The van der Waals surface area contributed by atoms with Gasteiger partial charge in [0.15, 0.2) is 0 Å². The number of rotatable bonds is 67. The Hall–Kier alpha value is -1.51. The molecule has 3 atom stereocenters. The maximum absolute atomic E-state index is 13.6. The van der Waals surface area contributed by atoms with Crippen LogP contribution in [0.2, 0.25) is 0 Å². The molecule has 0 saturated heterocycles. The van der Waals surface area contributed by atoms with Gasteiger partial charge in [-0.2, -0.15) is 0 Å². The normalized spacial score (nSPS) is 13.6. The van der Waals surface area contributed by atoms with Gasteiger partial charge in [0.05, 0.1) is 33.8 Å². The van der Waals surface area contributed by atoms with Crippen LogP contribution < -0.4 is 10.2 Å². The predicted octanol–water partition coefficient (Wildman–Crippen LogP) is 22.2. The second-order valence-corrected chi connectivity index (χ2v) is 27.5. The highest BCUT2D eigenvalue weighted by Gasteiger charge is 2.27. The number of carbonyl (C=O) groups is 2. The second-order valence-electron chi connectivity index (χ2n) is 26.1. The van der Waals surface area contributed by atoms with E-state index in [4.69, 9.17) is 13.8 Å². The van der Waals surface area contributed by atoms with Gasteiger partial charge in [0.1, 0.15) is 19.3 Å². The molecule has 0 bridgehead atoms. The summed E-state index contributed by atoms with van der Waals surface area (Å²) in [5.74, 6) is -0.524. The third-order valence-electron chi connectivity index (χ3n) is 16.6. The smallest absolute Gasteiger partial charge is 0.306 e. The summed E-state index contributed by atoms with van der Waals surface area (Å²) in [6, 6.07) is -0.886. The first kappa shape index (κ1) is 80.5. The molecule has 82 heavy (non-hydrogen) atoms. The molecule has 0 aliphatic rings. The molecule has 486 valence electrons. The molecule has 0 heterocycles. The third-order valence-corrected chi connectivity index (χ3v) is 17.6. The number of hydrogen-bond acceptors (Lipinski definition) is 7. The van der Waals surface area contributed by atoms with Crippen molar-refractivity contribution in [3.05, 3.63) is 24.3 Å². The number of phosphoric acid groups is 1. The van der Waals surface area contributed by atoms with Gasteiger partial charge in [-0.05, 0) is 57.4 Å². The van der Waals surface area contributed by atoms with Gasteiger partial charge in [-0.25, -0.2) is 0 Å². The van der Waals surface area contributed by atoms with Gasteiger partial charge in [0.25, 0.3) is 7.82 Å². The fraction of sp³-hybridized carbons (Fsp3) is 0.917. The zero-order chi connectivity index (χ0) is 60.0. The zero-order valence-electron chi connectivity index (χ0n) is 55.7. The third kappa shape index (κ3) is 63.0. The number of unbranched alkanes of at least 4 members (excludes halogenated alkanes) is 49. The molecule has 0 spiro atoms. The van der Waals surface area contributed by atoms with Crippen molar-refractivity contribution in [1.29, 1.82) is 0 Å². The maximum atomic E-state index is 13.6. The van der Waals surface area contributed by atoms with Gasteiger partial charge >= 0.3 is 5.97 Å².